The molecule has 1 amide bonds. The zero-order valence-electron chi connectivity index (χ0n) is 16.2. The van der Waals surface area contributed by atoms with Crippen LogP contribution in [0.15, 0.2) is 24.3 Å². The zero-order valence-corrected chi connectivity index (χ0v) is 17.8. The van der Waals surface area contributed by atoms with Crippen LogP contribution in [0.4, 0.5) is 0 Å². The lowest BCUT2D eigenvalue weighted by molar-refractivity contribution is -0.136. The van der Waals surface area contributed by atoms with Gasteiger partial charge in [0.2, 0.25) is 5.91 Å². The van der Waals surface area contributed by atoms with E-state index in [2.05, 4.69) is 39.8 Å². The second kappa shape index (κ2) is 11.9. The van der Waals surface area contributed by atoms with Gasteiger partial charge in [0.05, 0.1) is 12.0 Å². The molecule has 2 aliphatic heterocycles. The van der Waals surface area contributed by atoms with Crippen LogP contribution in [0.2, 0.25) is 0 Å². The lowest BCUT2D eigenvalue weighted by Gasteiger charge is -2.35. The lowest BCUT2D eigenvalue weighted by Crippen LogP contribution is -2.49. The smallest absolute Gasteiger partial charge is 0.228 e. The number of amides is 1. The number of benzene rings is 1. The zero-order chi connectivity index (χ0) is 17.5. The summed E-state index contributed by atoms with van der Waals surface area (Å²) in [5, 5.41) is 6.48. The second-order valence-corrected chi connectivity index (χ2v) is 7.45. The van der Waals surface area contributed by atoms with Crippen molar-refractivity contribution in [3.05, 3.63) is 35.4 Å². The van der Waals surface area contributed by atoms with Gasteiger partial charge in [-0.25, -0.2) is 0 Å². The number of nitrogens with one attached hydrogen (secondary N) is 2. The van der Waals surface area contributed by atoms with Crippen LogP contribution in [-0.2, 0) is 22.6 Å². The Morgan fingerprint density at radius 3 is 2.52 bits per heavy atom. The van der Waals surface area contributed by atoms with E-state index < -0.39 is 0 Å². The van der Waals surface area contributed by atoms with Crippen molar-refractivity contribution in [2.45, 2.75) is 38.8 Å². The minimum atomic E-state index is -0.382. The first-order valence-electron chi connectivity index (χ1n) is 9.50. The molecule has 2 saturated heterocycles. The average molecular weight is 418 g/mol. The van der Waals surface area contributed by atoms with Gasteiger partial charge in [-0.1, -0.05) is 24.3 Å². The Hall–Kier alpha value is -0.850. The summed E-state index contributed by atoms with van der Waals surface area (Å²) in [5.41, 5.74) is 2.13. The maximum Gasteiger partial charge on any atom is 0.228 e. The lowest BCUT2D eigenvalue weighted by atomic mass is 9.78. The Balaban J connectivity index is 0.00000182. The fourth-order valence-corrected chi connectivity index (χ4v) is 4.03. The van der Waals surface area contributed by atoms with Gasteiger partial charge in [0.15, 0.2) is 0 Å². The molecule has 1 aromatic carbocycles. The molecule has 3 rings (SSSR count). The number of piperidine rings is 1. The van der Waals surface area contributed by atoms with Crippen molar-refractivity contribution in [3.8, 4) is 0 Å². The Kier molecular flexibility index (Phi) is 10.6. The molecule has 0 bridgehead atoms. The Bertz CT molecular complexity index is 569. The van der Waals surface area contributed by atoms with E-state index in [0.29, 0.717) is 13.2 Å². The van der Waals surface area contributed by atoms with Crippen LogP contribution in [0.25, 0.3) is 0 Å². The van der Waals surface area contributed by atoms with Crippen molar-refractivity contribution in [2.75, 3.05) is 39.9 Å². The van der Waals surface area contributed by atoms with Crippen LogP contribution >= 0.6 is 24.8 Å². The molecular weight excluding hydrogens is 385 g/mol. The van der Waals surface area contributed by atoms with E-state index in [9.17, 15) is 4.79 Å². The van der Waals surface area contributed by atoms with E-state index in [1.54, 1.807) is 7.11 Å². The van der Waals surface area contributed by atoms with Crippen LogP contribution < -0.4 is 10.6 Å². The van der Waals surface area contributed by atoms with Gasteiger partial charge in [0.25, 0.3) is 0 Å². The molecule has 1 aromatic rings. The van der Waals surface area contributed by atoms with Gasteiger partial charge in [-0.15, -0.1) is 24.8 Å². The van der Waals surface area contributed by atoms with E-state index in [1.807, 2.05) is 0 Å². The Morgan fingerprint density at radius 2 is 1.85 bits per heavy atom. The molecular formula is C20H33Cl2N3O2. The SMILES string of the molecule is COCC1(C(=O)NCc2cccc(CN3CCCC3)c2)CCNCC1.Cl.Cl. The number of ether oxygens (including phenoxy) is 1. The first kappa shape index (κ1) is 24.2. The molecule has 2 fully saturated rings. The Labute approximate surface area is 175 Å². The summed E-state index contributed by atoms with van der Waals surface area (Å²) >= 11 is 0. The standard InChI is InChI=1S/C20H31N3O2.2ClH/c1-25-16-20(7-9-21-10-8-20)19(24)22-14-17-5-4-6-18(13-17)15-23-11-2-3-12-23;;/h4-6,13,21H,2-3,7-12,14-16H2,1H3,(H,22,24);2*1H. The molecule has 0 atom stereocenters. The molecule has 7 heteroatoms. The third kappa shape index (κ3) is 6.61. The number of halogens is 2. The highest BCUT2D eigenvalue weighted by Gasteiger charge is 2.39. The molecule has 0 saturated carbocycles. The van der Waals surface area contributed by atoms with E-state index in [0.717, 1.165) is 32.5 Å². The molecule has 2 aliphatic rings. The maximum absolute atomic E-state index is 12.8. The average Bonchev–Trinajstić information content (AvgIpc) is 3.14. The molecule has 0 radical (unpaired) electrons. The summed E-state index contributed by atoms with van der Waals surface area (Å²) < 4.78 is 5.36. The number of methoxy groups -OCH3 is 1. The highest BCUT2D eigenvalue weighted by molar-refractivity contribution is 5.85. The van der Waals surface area contributed by atoms with Crippen molar-refractivity contribution in [3.63, 3.8) is 0 Å². The van der Waals surface area contributed by atoms with E-state index in [-0.39, 0.29) is 36.1 Å². The van der Waals surface area contributed by atoms with Crippen molar-refractivity contribution < 1.29 is 9.53 Å². The van der Waals surface area contributed by atoms with E-state index >= 15 is 0 Å². The molecule has 0 unspecified atom stereocenters. The van der Waals surface area contributed by atoms with Crippen molar-refractivity contribution in [1.82, 2.24) is 15.5 Å². The fraction of sp³-hybridized carbons (Fsp3) is 0.650. The highest BCUT2D eigenvalue weighted by atomic mass is 35.5. The minimum Gasteiger partial charge on any atom is -0.384 e. The van der Waals surface area contributed by atoms with Gasteiger partial charge in [0.1, 0.15) is 0 Å². The number of likely N-dealkylation sites (tertiary alicyclic amines) is 1. The summed E-state index contributed by atoms with van der Waals surface area (Å²) in [6.07, 6.45) is 4.29. The third-order valence-electron chi connectivity index (χ3n) is 5.51. The van der Waals surface area contributed by atoms with Gasteiger partial charge < -0.3 is 15.4 Å². The van der Waals surface area contributed by atoms with Crippen molar-refractivity contribution in [1.29, 1.82) is 0 Å². The van der Waals surface area contributed by atoms with Gasteiger partial charge in [0, 0.05) is 20.2 Å². The number of rotatable bonds is 7. The summed E-state index contributed by atoms with van der Waals surface area (Å²) in [6, 6.07) is 8.61. The fourth-order valence-electron chi connectivity index (χ4n) is 4.03. The first-order valence-corrected chi connectivity index (χ1v) is 9.50. The first-order chi connectivity index (χ1) is 12.2. The summed E-state index contributed by atoms with van der Waals surface area (Å²) in [7, 11) is 1.68. The number of carbonyl (C=O) groups is 1. The number of hydrogen-bond acceptors (Lipinski definition) is 4. The van der Waals surface area contributed by atoms with Gasteiger partial charge in [-0.3, -0.25) is 9.69 Å². The topological polar surface area (TPSA) is 53.6 Å². The molecule has 27 heavy (non-hydrogen) atoms. The van der Waals surface area contributed by atoms with Crippen molar-refractivity contribution in [2.24, 2.45) is 5.41 Å². The largest absolute Gasteiger partial charge is 0.384 e. The normalized spacial score (nSPS) is 19.0. The minimum absolute atomic E-state index is 0. The van der Waals surface area contributed by atoms with Crippen LogP contribution in [0, 0.1) is 5.41 Å². The number of nitrogens with zero attached hydrogens (tertiary/aromatic N) is 1. The quantitative estimate of drug-likeness (QED) is 0.715. The molecule has 0 aromatic heterocycles. The van der Waals surface area contributed by atoms with Crippen LogP contribution in [0.5, 0.6) is 0 Å². The molecule has 2 N–H and O–H groups in total. The molecule has 0 spiro atoms. The van der Waals surface area contributed by atoms with Gasteiger partial charge in [-0.05, 0) is 63.0 Å². The molecule has 154 valence electrons. The van der Waals surface area contributed by atoms with Crippen LogP contribution in [0.1, 0.15) is 36.8 Å². The maximum atomic E-state index is 12.8. The monoisotopic (exact) mass is 417 g/mol. The molecule has 5 nitrogen and oxygen atoms in total. The third-order valence-corrected chi connectivity index (χ3v) is 5.51. The summed E-state index contributed by atoms with van der Waals surface area (Å²) in [6.45, 7) is 6.26. The number of carbonyl (C=O) groups excluding carboxylic acids is 1. The number of hydrogen-bond donors (Lipinski definition) is 2. The van der Waals surface area contributed by atoms with E-state index in [1.165, 1.54) is 37.1 Å². The summed E-state index contributed by atoms with van der Waals surface area (Å²) in [4.78, 5) is 15.3. The molecule has 2 heterocycles. The van der Waals surface area contributed by atoms with Crippen LogP contribution in [0.3, 0.4) is 0 Å². The summed E-state index contributed by atoms with van der Waals surface area (Å²) in [5.74, 6) is 0.126. The Morgan fingerprint density at radius 1 is 1.19 bits per heavy atom. The van der Waals surface area contributed by atoms with E-state index in [4.69, 9.17) is 4.74 Å². The second-order valence-electron chi connectivity index (χ2n) is 7.45. The van der Waals surface area contributed by atoms with Crippen LogP contribution in [-0.4, -0.2) is 50.7 Å². The predicted molar refractivity (Wildman–Crippen MR) is 114 cm³/mol. The highest BCUT2D eigenvalue weighted by Crippen LogP contribution is 2.29. The van der Waals surface area contributed by atoms with Crippen molar-refractivity contribution >= 4 is 30.7 Å². The predicted octanol–water partition coefficient (Wildman–Crippen LogP) is 2.76. The van der Waals surface area contributed by atoms with Gasteiger partial charge >= 0.3 is 0 Å². The van der Waals surface area contributed by atoms with Gasteiger partial charge in [-0.2, -0.15) is 0 Å². The molecule has 0 aliphatic carbocycles.